The van der Waals surface area contributed by atoms with E-state index in [9.17, 15) is 8.42 Å². The molecular weight excluding hydrogens is 392 g/mol. The summed E-state index contributed by atoms with van der Waals surface area (Å²) < 4.78 is 27.7. The van der Waals surface area contributed by atoms with Gasteiger partial charge in [0.1, 0.15) is 0 Å². The molecule has 0 saturated heterocycles. The van der Waals surface area contributed by atoms with E-state index in [1.54, 1.807) is 23.5 Å². The monoisotopic (exact) mass is 420 g/mol. The first-order valence-electron chi connectivity index (χ1n) is 9.80. The maximum Gasteiger partial charge on any atom is 0.243 e. The van der Waals surface area contributed by atoms with Gasteiger partial charge in [-0.05, 0) is 61.4 Å². The highest BCUT2D eigenvalue weighted by Gasteiger charge is 2.37. The highest BCUT2D eigenvalue weighted by Crippen LogP contribution is 2.33. The molecule has 2 aromatic carbocycles. The Balaban J connectivity index is 0.00000225. The number of rotatable bonds is 4. The van der Waals surface area contributed by atoms with Gasteiger partial charge in [-0.15, -0.1) is 12.4 Å². The summed E-state index contributed by atoms with van der Waals surface area (Å²) in [6.45, 7) is 3.99. The molecule has 4 nitrogen and oxygen atoms in total. The molecule has 0 bridgehead atoms. The summed E-state index contributed by atoms with van der Waals surface area (Å²) >= 11 is 0. The van der Waals surface area contributed by atoms with Crippen molar-refractivity contribution < 1.29 is 8.42 Å². The van der Waals surface area contributed by atoms with E-state index in [0.29, 0.717) is 10.9 Å². The summed E-state index contributed by atoms with van der Waals surface area (Å²) in [5, 5.41) is 0. The van der Waals surface area contributed by atoms with Crippen LogP contribution in [0.5, 0.6) is 0 Å². The van der Waals surface area contributed by atoms with Crippen molar-refractivity contribution >= 4 is 22.4 Å². The molecule has 152 valence electrons. The molecule has 1 fully saturated rings. The van der Waals surface area contributed by atoms with Crippen LogP contribution in [0, 0.1) is 6.92 Å². The van der Waals surface area contributed by atoms with Crippen molar-refractivity contribution in [3.8, 4) is 0 Å². The van der Waals surface area contributed by atoms with Crippen molar-refractivity contribution in [1.82, 2.24) is 9.21 Å². The summed E-state index contributed by atoms with van der Waals surface area (Å²) in [6.07, 6.45) is 4.02. The number of hydrogen-bond acceptors (Lipinski definition) is 3. The first kappa shape index (κ1) is 21.3. The third-order valence-corrected chi connectivity index (χ3v) is 8.14. The van der Waals surface area contributed by atoms with Crippen molar-refractivity contribution in [3.05, 3.63) is 65.2 Å². The lowest BCUT2D eigenvalue weighted by Gasteiger charge is -2.34. The van der Waals surface area contributed by atoms with Crippen molar-refractivity contribution in [2.75, 3.05) is 13.6 Å². The van der Waals surface area contributed by atoms with Gasteiger partial charge in [0, 0.05) is 32.2 Å². The van der Waals surface area contributed by atoms with Gasteiger partial charge in [0.2, 0.25) is 10.0 Å². The largest absolute Gasteiger partial charge is 0.296 e. The van der Waals surface area contributed by atoms with E-state index in [0.717, 1.165) is 44.3 Å². The quantitative estimate of drug-likeness (QED) is 0.750. The summed E-state index contributed by atoms with van der Waals surface area (Å²) in [5.41, 5.74) is 3.86. The summed E-state index contributed by atoms with van der Waals surface area (Å²) in [4.78, 5) is 2.95. The standard InChI is InChI=1S/C22H28N2O2S.ClH/c1-17-6-5-9-22(14-17)27(25,26)23(2)20-10-11-21(15-20)24-13-12-18-7-3-4-8-19(18)16-24;/h3-9,14,20-21H,10-13,15-16H2,1-2H3;1H/t20-,21+;/m1./s1. The molecule has 2 aliphatic rings. The maximum atomic E-state index is 13.0. The molecule has 0 amide bonds. The maximum absolute atomic E-state index is 13.0. The van der Waals surface area contributed by atoms with Crippen molar-refractivity contribution in [2.24, 2.45) is 0 Å². The third kappa shape index (κ3) is 4.13. The molecule has 0 unspecified atom stereocenters. The van der Waals surface area contributed by atoms with Crippen molar-refractivity contribution in [3.63, 3.8) is 0 Å². The Labute approximate surface area is 175 Å². The predicted octanol–water partition coefficient (Wildman–Crippen LogP) is 4.02. The molecule has 0 spiro atoms. The zero-order valence-electron chi connectivity index (χ0n) is 16.5. The van der Waals surface area contributed by atoms with Gasteiger partial charge >= 0.3 is 0 Å². The van der Waals surface area contributed by atoms with Crippen molar-refractivity contribution in [2.45, 2.75) is 56.1 Å². The van der Waals surface area contributed by atoms with Gasteiger partial charge in [0.25, 0.3) is 0 Å². The molecule has 4 rings (SSSR count). The number of nitrogens with zero attached hydrogens (tertiary/aromatic N) is 2. The van der Waals surface area contributed by atoms with E-state index in [2.05, 4.69) is 29.2 Å². The molecule has 0 aromatic heterocycles. The van der Waals surface area contributed by atoms with Gasteiger partial charge in [-0.1, -0.05) is 36.4 Å². The van der Waals surface area contributed by atoms with Gasteiger partial charge in [-0.25, -0.2) is 8.42 Å². The van der Waals surface area contributed by atoms with Crippen LogP contribution in [0.3, 0.4) is 0 Å². The average Bonchev–Trinajstić information content (AvgIpc) is 3.17. The fourth-order valence-corrected chi connectivity index (χ4v) is 6.07. The number of hydrogen-bond donors (Lipinski definition) is 0. The summed E-state index contributed by atoms with van der Waals surface area (Å²) in [7, 11) is -1.69. The van der Waals surface area contributed by atoms with Gasteiger partial charge in [0.05, 0.1) is 4.90 Å². The first-order valence-corrected chi connectivity index (χ1v) is 11.2. The highest BCUT2D eigenvalue weighted by molar-refractivity contribution is 7.89. The predicted molar refractivity (Wildman–Crippen MR) is 115 cm³/mol. The zero-order valence-corrected chi connectivity index (χ0v) is 18.2. The van der Waals surface area contributed by atoms with Crippen LogP contribution in [0.25, 0.3) is 0 Å². The molecule has 1 aliphatic carbocycles. The third-order valence-electron chi connectivity index (χ3n) is 6.23. The minimum absolute atomic E-state index is 0. The van der Waals surface area contributed by atoms with Crippen LogP contribution in [-0.4, -0.2) is 43.3 Å². The first-order chi connectivity index (χ1) is 12.9. The topological polar surface area (TPSA) is 40.6 Å². The number of aryl methyl sites for hydroxylation is 1. The van der Waals surface area contributed by atoms with E-state index in [1.165, 1.54) is 11.1 Å². The number of halogens is 1. The lowest BCUT2D eigenvalue weighted by atomic mass is 9.98. The Hall–Kier alpha value is -1.40. The van der Waals surface area contributed by atoms with Crippen LogP contribution in [0.2, 0.25) is 0 Å². The Morgan fingerprint density at radius 2 is 1.79 bits per heavy atom. The molecule has 1 heterocycles. The number of fused-ring (bicyclic) bond motifs is 1. The van der Waals surface area contributed by atoms with Crippen LogP contribution >= 0.6 is 12.4 Å². The van der Waals surface area contributed by atoms with Gasteiger partial charge in [-0.2, -0.15) is 4.31 Å². The molecule has 0 N–H and O–H groups in total. The normalized spacial score (nSPS) is 22.7. The van der Waals surface area contributed by atoms with E-state index in [4.69, 9.17) is 0 Å². The Morgan fingerprint density at radius 1 is 1.04 bits per heavy atom. The lowest BCUT2D eigenvalue weighted by Crippen LogP contribution is -2.40. The zero-order chi connectivity index (χ0) is 19.0. The minimum Gasteiger partial charge on any atom is -0.296 e. The van der Waals surface area contributed by atoms with Crippen molar-refractivity contribution in [1.29, 1.82) is 0 Å². The lowest BCUT2D eigenvalue weighted by molar-refractivity contribution is 0.175. The van der Waals surface area contributed by atoms with Gasteiger partial charge in [-0.3, -0.25) is 4.90 Å². The second-order valence-corrected chi connectivity index (χ2v) is 9.95. The van der Waals surface area contributed by atoms with E-state index >= 15 is 0 Å². The fourth-order valence-electron chi connectivity index (χ4n) is 4.56. The van der Waals surface area contributed by atoms with Gasteiger partial charge in [0.15, 0.2) is 0 Å². The van der Waals surface area contributed by atoms with Crippen LogP contribution in [0.15, 0.2) is 53.4 Å². The highest BCUT2D eigenvalue weighted by atomic mass is 35.5. The van der Waals surface area contributed by atoms with E-state index in [1.807, 2.05) is 19.1 Å². The number of benzene rings is 2. The van der Waals surface area contributed by atoms with Crippen LogP contribution in [0.4, 0.5) is 0 Å². The van der Waals surface area contributed by atoms with Crippen LogP contribution < -0.4 is 0 Å². The van der Waals surface area contributed by atoms with Crippen LogP contribution in [-0.2, 0) is 23.0 Å². The second kappa shape index (κ2) is 8.54. The Bertz CT molecular complexity index is 932. The molecular formula is C22H29ClN2O2S. The second-order valence-electron chi connectivity index (χ2n) is 7.95. The average molecular weight is 421 g/mol. The molecule has 2 atom stereocenters. The Morgan fingerprint density at radius 3 is 2.54 bits per heavy atom. The number of sulfonamides is 1. The molecule has 2 aromatic rings. The molecule has 1 aliphatic heterocycles. The molecule has 28 heavy (non-hydrogen) atoms. The van der Waals surface area contributed by atoms with Gasteiger partial charge < -0.3 is 0 Å². The van der Waals surface area contributed by atoms with E-state index < -0.39 is 10.0 Å². The summed E-state index contributed by atoms with van der Waals surface area (Å²) in [5.74, 6) is 0. The van der Waals surface area contributed by atoms with Crippen LogP contribution in [0.1, 0.15) is 36.0 Å². The molecule has 1 saturated carbocycles. The summed E-state index contributed by atoms with van der Waals surface area (Å²) in [6, 6.07) is 16.4. The fraction of sp³-hybridized carbons (Fsp3) is 0.455. The smallest absolute Gasteiger partial charge is 0.243 e. The minimum atomic E-state index is -3.43. The molecule has 0 radical (unpaired) electrons. The molecule has 6 heteroatoms. The SMILES string of the molecule is Cc1cccc(S(=O)(=O)N(C)[C@@H]2CC[C@H](N3CCc4ccccc4C3)C2)c1.Cl. The Kier molecular flexibility index (Phi) is 6.50. The van der Waals surface area contributed by atoms with E-state index in [-0.39, 0.29) is 18.4 Å².